The van der Waals surface area contributed by atoms with E-state index in [2.05, 4.69) is 88.7 Å². The van der Waals surface area contributed by atoms with Crippen molar-refractivity contribution >= 4 is 7.51 Å². The minimum absolute atomic E-state index is 0.126. The molecule has 0 aromatic heterocycles. The van der Waals surface area contributed by atoms with Crippen LogP contribution >= 0.6 is 7.51 Å². The Balaban J connectivity index is 5.71. The fourth-order valence-electron chi connectivity index (χ4n) is 2.85. The summed E-state index contributed by atoms with van der Waals surface area (Å²) in [6.45, 7) is 9.17. The molecule has 0 radical (unpaired) electrons. The Kier molecular flexibility index (Phi) is 6.55. The summed E-state index contributed by atoms with van der Waals surface area (Å²) in [7, 11) is 11.3. The van der Waals surface area contributed by atoms with E-state index in [0.717, 1.165) is 0 Å². The van der Waals surface area contributed by atoms with E-state index in [1.165, 1.54) is 6.42 Å². The largest absolute Gasteiger partial charge is 0.309 e. The molecule has 0 heterocycles. The molecule has 0 unspecified atom stereocenters. The second-order valence-corrected chi connectivity index (χ2v) is 10.5. The third-order valence-corrected chi connectivity index (χ3v) is 7.30. The van der Waals surface area contributed by atoms with E-state index in [0.29, 0.717) is 5.92 Å². The van der Waals surface area contributed by atoms with Gasteiger partial charge in [0.15, 0.2) is 5.54 Å². The summed E-state index contributed by atoms with van der Waals surface area (Å²) in [6, 6.07) is 0. The smallest absolute Gasteiger partial charge is 0.230 e. The predicted octanol–water partition coefficient (Wildman–Crippen LogP) is 1.52. The van der Waals surface area contributed by atoms with E-state index < -0.39 is 7.51 Å². The Morgan fingerprint density at radius 1 is 0.889 bits per heavy atom. The van der Waals surface area contributed by atoms with Gasteiger partial charge in [-0.3, -0.25) is 0 Å². The van der Waals surface area contributed by atoms with E-state index in [4.69, 9.17) is 0 Å². The van der Waals surface area contributed by atoms with Gasteiger partial charge in [0, 0.05) is 6.42 Å². The Morgan fingerprint density at radius 3 is 1.44 bits per heavy atom. The first kappa shape index (κ1) is 18.1. The molecule has 0 bridgehead atoms. The molecule has 5 heteroatoms. The van der Waals surface area contributed by atoms with Gasteiger partial charge >= 0.3 is 7.51 Å². The van der Waals surface area contributed by atoms with E-state index in [-0.39, 0.29) is 5.54 Å². The Hall–Kier alpha value is 0.110. The first-order chi connectivity index (χ1) is 7.95. The Morgan fingerprint density at radius 2 is 1.22 bits per heavy atom. The highest BCUT2D eigenvalue weighted by atomic mass is 31.2. The van der Waals surface area contributed by atoms with Crippen LogP contribution in [-0.2, 0) is 0 Å². The quantitative estimate of drug-likeness (QED) is 0.745. The van der Waals surface area contributed by atoms with Gasteiger partial charge in [-0.1, -0.05) is 13.8 Å². The molecule has 0 rings (SSSR count). The normalized spacial score (nSPS) is 14.1. The fraction of sp³-hybridized carbons (Fsp3) is 1.00. The molecule has 0 aromatic rings. The summed E-state index contributed by atoms with van der Waals surface area (Å²) in [6.07, 6.45) is 1.17. The topological polar surface area (TPSA) is 23.7 Å². The maximum absolute atomic E-state index is 3.93. The van der Waals surface area contributed by atoms with Crippen LogP contribution in [0, 0.1) is 5.92 Å². The molecule has 0 aliphatic heterocycles. The third kappa shape index (κ3) is 4.34. The van der Waals surface area contributed by atoms with Gasteiger partial charge in [-0.05, 0) is 62.1 Å². The van der Waals surface area contributed by atoms with E-state index in [1.54, 1.807) is 0 Å². The minimum Gasteiger partial charge on any atom is -0.230 e. The molecular weight excluding hydrogens is 243 g/mol. The average Bonchev–Trinajstić information content (AvgIpc) is 2.10. The zero-order valence-corrected chi connectivity index (χ0v) is 15.0. The Labute approximate surface area is 115 Å². The number of hydrogen-bond acceptors (Lipinski definition) is 0. The lowest BCUT2D eigenvalue weighted by Crippen LogP contribution is -2.84. The summed E-state index contributed by atoms with van der Waals surface area (Å²) in [5, 5.41) is 0. The highest BCUT2D eigenvalue weighted by molar-refractivity contribution is 7.56. The summed E-state index contributed by atoms with van der Waals surface area (Å²) in [5.41, 5.74) is 0.126. The van der Waals surface area contributed by atoms with Crippen molar-refractivity contribution in [1.29, 1.82) is 0 Å². The van der Waals surface area contributed by atoms with Crippen LogP contribution in [0.5, 0.6) is 0 Å². The van der Waals surface area contributed by atoms with Gasteiger partial charge in [-0.15, -0.1) is 0 Å². The summed E-state index contributed by atoms with van der Waals surface area (Å²) in [5.74, 6) is 0.695. The van der Waals surface area contributed by atoms with Gasteiger partial charge in [0.25, 0.3) is 0 Å². The Bertz CT molecular complexity index is 278. The maximum atomic E-state index is 3.93. The van der Waals surface area contributed by atoms with Gasteiger partial charge in [0.2, 0.25) is 0 Å². The first-order valence-electron chi connectivity index (χ1n) is 6.67. The number of hydrogen-bond donors (Lipinski definition) is 1. The highest BCUT2D eigenvalue weighted by Gasteiger charge is 2.39. The summed E-state index contributed by atoms with van der Waals surface area (Å²) < 4.78 is 10.9. The molecule has 110 valence electrons. The monoisotopic (exact) mass is 277 g/mol. The third-order valence-electron chi connectivity index (χ3n) is 3.04. The molecule has 0 saturated carbocycles. The molecule has 4 nitrogen and oxygen atoms in total. The van der Waals surface area contributed by atoms with E-state index >= 15 is 0 Å². The van der Waals surface area contributed by atoms with Crippen LogP contribution in [0.4, 0.5) is 0 Å². The van der Waals surface area contributed by atoms with E-state index in [1.807, 2.05) is 0 Å². The van der Waals surface area contributed by atoms with Crippen molar-refractivity contribution in [2.24, 2.45) is 5.92 Å². The van der Waals surface area contributed by atoms with Crippen LogP contribution in [0.15, 0.2) is 0 Å². The molecule has 0 saturated heterocycles. The summed E-state index contributed by atoms with van der Waals surface area (Å²) >= 11 is 0. The van der Waals surface area contributed by atoms with Crippen LogP contribution in [0.25, 0.3) is 0 Å². The van der Waals surface area contributed by atoms with Gasteiger partial charge in [0.1, 0.15) is 0 Å². The van der Waals surface area contributed by atoms with Gasteiger partial charge in [-0.25, -0.2) is 18.8 Å². The van der Waals surface area contributed by atoms with Gasteiger partial charge in [-0.2, -0.15) is 0 Å². The number of nitrogens with one attached hydrogen (secondary N) is 1. The molecule has 0 atom stereocenters. The average molecular weight is 277 g/mol. The standard InChI is InChI=1S/C13H33N4P/c1-12(2)11-13(3,4)14-18(15(5)6,16(7)8)17(9)10/h12H,11H2,1-10H3/p+1. The second-order valence-electron chi connectivity index (χ2n) is 6.70. The molecule has 1 N–H and O–H groups in total. The lowest BCUT2D eigenvalue weighted by molar-refractivity contribution is -0.535. The van der Waals surface area contributed by atoms with Gasteiger partial charge in [0.05, 0.1) is 0 Å². The van der Waals surface area contributed by atoms with Gasteiger partial charge < -0.3 is 0 Å². The highest BCUT2D eigenvalue weighted by Crippen LogP contribution is 2.48. The predicted molar refractivity (Wildman–Crippen MR) is 82.5 cm³/mol. The molecular formula is C13H34N4P+. The molecule has 0 aromatic carbocycles. The zero-order chi connectivity index (χ0) is 14.7. The number of rotatable bonds is 6. The summed E-state index contributed by atoms with van der Waals surface area (Å²) in [4.78, 5) is 0. The molecule has 0 fully saturated rings. The van der Waals surface area contributed by atoms with Crippen LogP contribution in [-0.4, -0.2) is 61.8 Å². The molecule has 0 amide bonds. The van der Waals surface area contributed by atoms with Crippen LogP contribution < -0.4 is 4.74 Å². The second kappa shape index (κ2) is 6.51. The minimum atomic E-state index is -1.64. The van der Waals surface area contributed by atoms with Crippen LogP contribution in [0.3, 0.4) is 0 Å². The maximum Gasteiger partial charge on any atom is 0.309 e. The molecule has 0 aliphatic carbocycles. The molecule has 18 heavy (non-hydrogen) atoms. The van der Waals surface area contributed by atoms with Crippen molar-refractivity contribution in [3.63, 3.8) is 0 Å². The molecule has 0 spiro atoms. The zero-order valence-electron chi connectivity index (χ0n) is 14.1. The van der Waals surface area contributed by atoms with Crippen molar-refractivity contribution < 1.29 is 4.74 Å². The lowest BCUT2D eigenvalue weighted by atomic mass is 9.94. The fourth-order valence-corrected chi connectivity index (χ4v) is 6.50. The van der Waals surface area contributed by atoms with Crippen molar-refractivity contribution in [3.05, 3.63) is 0 Å². The first-order valence-corrected chi connectivity index (χ1v) is 8.32. The van der Waals surface area contributed by atoms with E-state index in [9.17, 15) is 0 Å². The molecule has 0 aliphatic rings. The van der Waals surface area contributed by atoms with Crippen LogP contribution in [0.2, 0.25) is 0 Å². The SMILES string of the molecule is CC(C)CC(C)(C)[NH+]=P(N(C)C)(N(C)C)N(C)C. The van der Waals surface area contributed by atoms with Crippen molar-refractivity contribution in [3.8, 4) is 0 Å². The van der Waals surface area contributed by atoms with Crippen molar-refractivity contribution in [1.82, 2.24) is 14.0 Å². The number of nitrogens with zero attached hydrogens (tertiary/aromatic N) is 3. The lowest BCUT2D eigenvalue weighted by Gasteiger charge is -2.37. The van der Waals surface area contributed by atoms with Crippen molar-refractivity contribution in [2.45, 2.75) is 39.7 Å². The van der Waals surface area contributed by atoms with Crippen molar-refractivity contribution in [2.75, 3.05) is 42.3 Å². The van der Waals surface area contributed by atoms with Crippen LogP contribution in [0.1, 0.15) is 34.1 Å².